The minimum Gasteiger partial charge on any atom is -0.544 e. The fraction of sp³-hybridized carbons (Fsp3) is 0.722. The van der Waals surface area contributed by atoms with Gasteiger partial charge in [0.25, 0.3) is 0 Å². The third-order valence-electron chi connectivity index (χ3n) is 10.8. The number of carboxylic acids is 1. The second-order valence-corrected chi connectivity index (χ2v) is 17.7. The van der Waals surface area contributed by atoms with Gasteiger partial charge in [0.1, 0.15) is 12.6 Å². The first-order valence-electron chi connectivity index (χ1n) is 25.0. The zero-order valence-electron chi connectivity index (χ0n) is 40.5. The molecule has 0 aromatic carbocycles. The molecule has 0 N–H and O–H groups in total. The summed E-state index contributed by atoms with van der Waals surface area (Å²) in [4.78, 5) is 37.0. The number of aliphatic carboxylic acids is 1. The number of hydrogen-bond acceptors (Lipinski definition) is 7. The number of carbonyl (C=O) groups is 3. The summed E-state index contributed by atoms with van der Waals surface area (Å²) in [5.41, 5.74) is 0. The molecule has 0 spiro atoms. The summed E-state index contributed by atoms with van der Waals surface area (Å²) < 4.78 is 17.2. The van der Waals surface area contributed by atoms with Crippen LogP contribution >= 0.6 is 0 Å². The van der Waals surface area contributed by atoms with Crippen LogP contribution < -0.4 is 5.11 Å². The Labute approximate surface area is 381 Å². The molecule has 0 rings (SSSR count). The molecular weight excluding hydrogens is 775 g/mol. The van der Waals surface area contributed by atoms with Gasteiger partial charge >= 0.3 is 11.9 Å². The van der Waals surface area contributed by atoms with E-state index in [2.05, 4.69) is 86.8 Å². The summed E-state index contributed by atoms with van der Waals surface area (Å²) in [6.45, 7) is 4.49. The van der Waals surface area contributed by atoms with E-state index in [4.69, 9.17) is 14.2 Å². The molecule has 0 radical (unpaired) electrons. The Kier molecular flexibility index (Phi) is 42.1. The molecule has 8 heteroatoms. The van der Waals surface area contributed by atoms with Crippen molar-refractivity contribution < 1.29 is 38.2 Å². The van der Waals surface area contributed by atoms with E-state index in [0.717, 1.165) is 57.8 Å². The molecule has 2 unspecified atom stereocenters. The zero-order chi connectivity index (χ0) is 45.6. The molecule has 0 aliphatic heterocycles. The molecule has 0 bridgehead atoms. The van der Waals surface area contributed by atoms with Crippen LogP contribution in [0.25, 0.3) is 0 Å². The predicted octanol–water partition coefficient (Wildman–Crippen LogP) is 13.0. The highest BCUT2D eigenvalue weighted by molar-refractivity contribution is 5.70. The summed E-state index contributed by atoms with van der Waals surface area (Å²) in [5.74, 6) is -1.81. The lowest BCUT2D eigenvalue weighted by Crippen LogP contribution is -2.55. The first-order valence-corrected chi connectivity index (χ1v) is 25.0. The van der Waals surface area contributed by atoms with E-state index in [1.54, 1.807) is 21.1 Å². The van der Waals surface area contributed by atoms with Gasteiger partial charge in [-0.1, -0.05) is 177 Å². The van der Waals surface area contributed by atoms with Gasteiger partial charge in [0.15, 0.2) is 6.10 Å². The number of carboxylic acid groups (broad SMARTS) is 1. The Hall–Kier alpha value is -3.23. The summed E-state index contributed by atoms with van der Waals surface area (Å²) in [7, 11) is 5.39. The van der Waals surface area contributed by atoms with E-state index in [0.29, 0.717) is 12.8 Å². The van der Waals surface area contributed by atoms with Gasteiger partial charge in [0.05, 0.1) is 40.3 Å². The molecule has 62 heavy (non-hydrogen) atoms. The molecule has 356 valence electrons. The first-order chi connectivity index (χ1) is 30.1. The molecule has 0 aromatic rings. The van der Waals surface area contributed by atoms with E-state index in [1.165, 1.54) is 103 Å². The fourth-order valence-electron chi connectivity index (χ4n) is 6.98. The van der Waals surface area contributed by atoms with Crippen molar-refractivity contribution in [1.82, 2.24) is 0 Å². The standard InChI is InChI=1S/C54H93NO7/c1-6-8-10-12-14-16-18-20-22-24-25-26-27-29-31-33-35-37-39-41-43-45-53(57)62-50(48-60-47-46-51(54(58)59)55(3,4)5)49-61-52(56)44-42-40-38-36-34-32-30-28-23-21-19-17-15-13-11-9-7-2/h8,10,14,16,20-23,30,32,36,38,50-51H,6-7,9,11-13,15,17-19,24-29,31,33-35,37,39-49H2,1-5H3/b10-8+,16-14+,22-20+,23-21+,32-30+,38-36+. The van der Waals surface area contributed by atoms with Crippen molar-refractivity contribution in [3.05, 3.63) is 72.9 Å². The Bertz CT molecular complexity index is 1240. The SMILES string of the molecule is CC/C=C/C/C=C/C/C=C/CCCCCCCCCCCCCC(=O)OC(COCCC(C(=O)[O-])[N+](C)(C)C)COC(=O)CCC/C=C/C/C=C/C/C=C/CCCCCCCC. The number of nitrogens with zero attached hydrogens (tertiary/aromatic N) is 1. The number of carbonyl (C=O) groups excluding carboxylic acids is 3. The monoisotopic (exact) mass is 868 g/mol. The molecule has 0 aromatic heterocycles. The van der Waals surface area contributed by atoms with Crippen LogP contribution in [-0.2, 0) is 28.6 Å². The molecule has 0 saturated heterocycles. The smallest absolute Gasteiger partial charge is 0.306 e. The lowest BCUT2D eigenvalue weighted by molar-refractivity contribution is -0.889. The normalized spacial score (nSPS) is 13.5. The van der Waals surface area contributed by atoms with Crippen LogP contribution in [0.3, 0.4) is 0 Å². The Balaban J connectivity index is 4.33. The lowest BCUT2D eigenvalue weighted by atomic mass is 10.0. The van der Waals surface area contributed by atoms with Crippen molar-refractivity contribution in [3.63, 3.8) is 0 Å². The molecular formula is C54H93NO7. The maximum Gasteiger partial charge on any atom is 0.306 e. The summed E-state index contributed by atoms with van der Waals surface area (Å²) in [6.07, 6.45) is 56.5. The predicted molar refractivity (Wildman–Crippen MR) is 259 cm³/mol. The molecule has 0 aliphatic rings. The second-order valence-electron chi connectivity index (χ2n) is 17.7. The molecule has 0 aliphatic carbocycles. The van der Waals surface area contributed by atoms with Crippen molar-refractivity contribution >= 4 is 17.9 Å². The van der Waals surface area contributed by atoms with Gasteiger partial charge in [-0.25, -0.2) is 0 Å². The van der Waals surface area contributed by atoms with Gasteiger partial charge in [0, 0.05) is 19.3 Å². The Morgan fingerprint density at radius 2 is 0.919 bits per heavy atom. The maximum atomic E-state index is 12.8. The molecule has 0 heterocycles. The number of allylic oxidation sites excluding steroid dienone is 12. The average molecular weight is 868 g/mol. The second kappa shape index (κ2) is 44.4. The van der Waals surface area contributed by atoms with E-state index in [-0.39, 0.29) is 49.1 Å². The average Bonchev–Trinajstić information content (AvgIpc) is 3.23. The molecule has 0 saturated carbocycles. The van der Waals surface area contributed by atoms with Gasteiger partial charge in [-0.15, -0.1) is 0 Å². The van der Waals surface area contributed by atoms with Crippen molar-refractivity contribution in [2.24, 2.45) is 0 Å². The van der Waals surface area contributed by atoms with E-state index in [9.17, 15) is 19.5 Å². The minimum absolute atomic E-state index is 0.0214. The van der Waals surface area contributed by atoms with E-state index in [1.807, 2.05) is 0 Å². The number of hydrogen-bond donors (Lipinski definition) is 0. The third-order valence-corrected chi connectivity index (χ3v) is 10.8. The van der Waals surface area contributed by atoms with E-state index >= 15 is 0 Å². The summed E-state index contributed by atoms with van der Waals surface area (Å²) in [6, 6.07) is -0.737. The highest BCUT2D eigenvalue weighted by Crippen LogP contribution is 2.14. The van der Waals surface area contributed by atoms with Crippen LogP contribution in [-0.4, -0.2) is 75.5 Å². The van der Waals surface area contributed by atoms with Gasteiger partial charge in [-0.2, -0.15) is 0 Å². The fourth-order valence-corrected chi connectivity index (χ4v) is 6.98. The van der Waals surface area contributed by atoms with Gasteiger partial charge < -0.3 is 28.6 Å². The quantitative estimate of drug-likeness (QED) is 0.0260. The van der Waals surface area contributed by atoms with Crippen LogP contribution in [0.15, 0.2) is 72.9 Å². The Morgan fingerprint density at radius 3 is 1.39 bits per heavy atom. The van der Waals surface area contributed by atoms with E-state index < -0.39 is 18.1 Å². The third kappa shape index (κ3) is 42.1. The summed E-state index contributed by atoms with van der Waals surface area (Å²) in [5, 5.41) is 11.7. The molecule has 2 atom stereocenters. The van der Waals surface area contributed by atoms with Crippen LogP contribution in [0, 0.1) is 0 Å². The molecule has 0 amide bonds. The molecule has 8 nitrogen and oxygen atoms in total. The first kappa shape index (κ1) is 58.8. The number of esters is 2. The number of quaternary nitrogens is 1. The maximum absolute atomic E-state index is 12.8. The van der Waals surface area contributed by atoms with Crippen molar-refractivity contribution in [2.45, 2.75) is 212 Å². The van der Waals surface area contributed by atoms with Crippen LogP contribution in [0.5, 0.6) is 0 Å². The van der Waals surface area contributed by atoms with Crippen molar-refractivity contribution in [3.8, 4) is 0 Å². The number of rotatable bonds is 44. The van der Waals surface area contributed by atoms with Crippen LogP contribution in [0.4, 0.5) is 0 Å². The largest absolute Gasteiger partial charge is 0.544 e. The topological polar surface area (TPSA) is 102 Å². The Morgan fingerprint density at radius 1 is 0.500 bits per heavy atom. The van der Waals surface area contributed by atoms with Gasteiger partial charge in [-0.3, -0.25) is 9.59 Å². The molecule has 0 fully saturated rings. The highest BCUT2D eigenvalue weighted by Gasteiger charge is 2.25. The van der Waals surface area contributed by atoms with Crippen molar-refractivity contribution in [1.29, 1.82) is 0 Å². The van der Waals surface area contributed by atoms with Crippen molar-refractivity contribution in [2.75, 3.05) is 41.0 Å². The number of unbranched alkanes of at least 4 members (excludes halogenated alkanes) is 18. The number of likely N-dealkylation sites (N-methyl/N-ethyl adjacent to an activating group) is 1. The van der Waals surface area contributed by atoms with Crippen LogP contribution in [0.2, 0.25) is 0 Å². The van der Waals surface area contributed by atoms with Gasteiger partial charge in [-0.05, 0) is 77.0 Å². The highest BCUT2D eigenvalue weighted by atomic mass is 16.6. The zero-order valence-corrected chi connectivity index (χ0v) is 40.5. The number of ether oxygens (including phenoxy) is 3. The van der Waals surface area contributed by atoms with Gasteiger partial charge in [0.2, 0.25) is 0 Å². The van der Waals surface area contributed by atoms with Crippen LogP contribution in [0.1, 0.15) is 200 Å². The minimum atomic E-state index is -1.13. The lowest BCUT2D eigenvalue weighted by Gasteiger charge is -2.34. The summed E-state index contributed by atoms with van der Waals surface area (Å²) >= 11 is 0.